The third-order valence-corrected chi connectivity index (χ3v) is 2.98. The second-order valence-electron chi connectivity index (χ2n) is 3.57. The van der Waals surface area contributed by atoms with Crippen LogP contribution in [0.3, 0.4) is 0 Å². The maximum atomic E-state index is 9.12. The molecule has 0 radical (unpaired) electrons. The zero-order valence-corrected chi connectivity index (χ0v) is 10.5. The van der Waals surface area contributed by atoms with Crippen LogP contribution < -0.4 is 0 Å². The van der Waals surface area contributed by atoms with Gasteiger partial charge in [0.05, 0.1) is 5.56 Å². The van der Waals surface area contributed by atoms with E-state index in [9.17, 15) is 0 Å². The highest BCUT2D eigenvalue weighted by Gasteiger charge is 2.13. The molecule has 17 heavy (non-hydrogen) atoms. The average Bonchev–Trinajstić information content (AvgIpc) is 2.28. The first-order valence-corrected chi connectivity index (χ1v) is 5.71. The second kappa shape index (κ2) is 4.75. The maximum Gasteiger partial charge on any atom is 0.147 e. The number of nitrogens with zero attached hydrogens (tertiary/aromatic N) is 2. The Labute approximate surface area is 109 Å². The number of nitriles is 1. The lowest BCUT2D eigenvalue weighted by Crippen LogP contribution is -1.92. The normalized spacial score (nSPS) is 10.0. The van der Waals surface area contributed by atoms with Crippen LogP contribution >= 0.6 is 23.2 Å². The van der Waals surface area contributed by atoms with Crippen LogP contribution in [0.1, 0.15) is 11.3 Å². The summed E-state index contributed by atoms with van der Waals surface area (Å²) in [6, 6.07) is 11.2. The van der Waals surface area contributed by atoms with E-state index in [0.717, 1.165) is 16.8 Å². The van der Waals surface area contributed by atoms with E-state index in [0.29, 0.717) is 10.6 Å². The number of aryl methyl sites for hydroxylation is 1. The highest BCUT2D eigenvalue weighted by molar-refractivity contribution is 6.34. The van der Waals surface area contributed by atoms with Gasteiger partial charge in [-0.1, -0.05) is 41.4 Å². The van der Waals surface area contributed by atoms with E-state index in [1.54, 1.807) is 6.07 Å². The zero-order chi connectivity index (χ0) is 12.4. The Balaban J connectivity index is 2.76. The van der Waals surface area contributed by atoms with E-state index >= 15 is 0 Å². The summed E-state index contributed by atoms with van der Waals surface area (Å²) in [6.07, 6.45) is 0. The van der Waals surface area contributed by atoms with Crippen molar-refractivity contribution in [1.82, 2.24) is 4.98 Å². The molecule has 84 valence electrons. The molecule has 1 aromatic carbocycles. The molecule has 1 heterocycles. The van der Waals surface area contributed by atoms with Gasteiger partial charge in [-0.3, -0.25) is 0 Å². The second-order valence-corrected chi connectivity index (χ2v) is 4.33. The molecule has 0 aliphatic heterocycles. The van der Waals surface area contributed by atoms with Gasteiger partial charge in [-0.15, -0.1) is 0 Å². The Hall–Kier alpha value is -1.56. The predicted octanol–water partition coefficient (Wildman–Crippen LogP) is 4.24. The fourth-order valence-electron chi connectivity index (χ4n) is 1.63. The third kappa shape index (κ3) is 2.26. The number of rotatable bonds is 1. The molecule has 0 fully saturated rings. The fourth-order valence-corrected chi connectivity index (χ4v) is 2.15. The summed E-state index contributed by atoms with van der Waals surface area (Å²) >= 11 is 12.1. The minimum absolute atomic E-state index is 0.211. The minimum atomic E-state index is 0.211. The summed E-state index contributed by atoms with van der Waals surface area (Å²) in [5.41, 5.74) is 2.61. The number of hydrogen-bond donors (Lipinski definition) is 0. The molecule has 0 bridgehead atoms. The Morgan fingerprint density at radius 3 is 2.53 bits per heavy atom. The molecule has 0 atom stereocenters. The minimum Gasteiger partial charge on any atom is -0.240 e. The van der Waals surface area contributed by atoms with Crippen LogP contribution in [-0.2, 0) is 0 Å². The molecule has 0 aliphatic rings. The molecule has 2 aromatic rings. The predicted molar refractivity (Wildman–Crippen MR) is 69.1 cm³/mol. The molecular formula is C13H8Cl2N2. The van der Waals surface area contributed by atoms with E-state index in [2.05, 4.69) is 11.1 Å². The topological polar surface area (TPSA) is 36.7 Å². The standard InChI is InChI=1S/C13H8Cl2N2/c1-8-6-10(11(7-16)13(15)17-8)9-4-2-3-5-12(9)14/h2-6H,1H3. The lowest BCUT2D eigenvalue weighted by Gasteiger charge is -2.08. The zero-order valence-electron chi connectivity index (χ0n) is 9.04. The van der Waals surface area contributed by atoms with Crippen molar-refractivity contribution in [2.45, 2.75) is 6.92 Å². The van der Waals surface area contributed by atoms with Crippen LogP contribution in [-0.4, -0.2) is 4.98 Å². The largest absolute Gasteiger partial charge is 0.240 e. The first-order valence-electron chi connectivity index (χ1n) is 4.95. The Morgan fingerprint density at radius 2 is 1.88 bits per heavy atom. The van der Waals surface area contributed by atoms with Crippen molar-refractivity contribution >= 4 is 23.2 Å². The lowest BCUT2D eigenvalue weighted by atomic mass is 10.0. The highest BCUT2D eigenvalue weighted by atomic mass is 35.5. The van der Waals surface area contributed by atoms with Crippen LogP contribution in [0, 0.1) is 18.3 Å². The Kier molecular flexibility index (Phi) is 3.33. The first kappa shape index (κ1) is 11.9. The molecule has 0 N–H and O–H groups in total. The molecule has 0 aliphatic carbocycles. The summed E-state index contributed by atoms with van der Waals surface area (Å²) in [5, 5.41) is 9.92. The van der Waals surface area contributed by atoms with Gasteiger partial charge in [0.1, 0.15) is 11.2 Å². The van der Waals surface area contributed by atoms with Gasteiger partial charge in [0.2, 0.25) is 0 Å². The molecule has 0 saturated heterocycles. The van der Waals surface area contributed by atoms with Gasteiger partial charge in [0, 0.05) is 21.8 Å². The summed E-state index contributed by atoms with van der Waals surface area (Å²) in [6.45, 7) is 1.83. The Morgan fingerprint density at radius 1 is 1.18 bits per heavy atom. The van der Waals surface area contributed by atoms with Gasteiger partial charge >= 0.3 is 0 Å². The van der Waals surface area contributed by atoms with Gasteiger partial charge in [-0.05, 0) is 19.1 Å². The van der Waals surface area contributed by atoms with E-state index in [-0.39, 0.29) is 5.15 Å². The van der Waals surface area contributed by atoms with E-state index in [1.165, 1.54) is 0 Å². The molecule has 0 spiro atoms. The van der Waals surface area contributed by atoms with Gasteiger partial charge in [-0.2, -0.15) is 5.26 Å². The number of aromatic nitrogens is 1. The van der Waals surface area contributed by atoms with Crippen molar-refractivity contribution in [2.24, 2.45) is 0 Å². The van der Waals surface area contributed by atoms with Crippen LogP contribution in [0.25, 0.3) is 11.1 Å². The van der Waals surface area contributed by atoms with Gasteiger partial charge in [0.25, 0.3) is 0 Å². The third-order valence-electron chi connectivity index (χ3n) is 2.38. The van der Waals surface area contributed by atoms with Crippen molar-refractivity contribution in [3.63, 3.8) is 0 Å². The van der Waals surface area contributed by atoms with Crippen LogP contribution in [0.2, 0.25) is 10.2 Å². The molecule has 0 unspecified atom stereocenters. The first-order chi connectivity index (χ1) is 8.13. The van der Waals surface area contributed by atoms with E-state index in [4.69, 9.17) is 28.5 Å². The van der Waals surface area contributed by atoms with Gasteiger partial charge in [-0.25, -0.2) is 4.98 Å². The quantitative estimate of drug-likeness (QED) is 0.721. The fraction of sp³-hybridized carbons (Fsp3) is 0.0769. The van der Waals surface area contributed by atoms with Crippen molar-refractivity contribution in [1.29, 1.82) is 5.26 Å². The van der Waals surface area contributed by atoms with Crippen molar-refractivity contribution in [2.75, 3.05) is 0 Å². The van der Waals surface area contributed by atoms with Gasteiger partial charge in [0.15, 0.2) is 0 Å². The highest BCUT2D eigenvalue weighted by Crippen LogP contribution is 2.32. The summed E-state index contributed by atoms with van der Waals surface area (Å²) in [5.74, 6) is 0. The smallest absolute Gasteiger partial charge is 0.147 e. The number of pyridine rings is 1. The molecule has 4 heteroatoms. The molecule has 2 nitrogen and oxygen atoms in total. The van der Waals surface area contributed by atoms with Crippen molar-refractivity contribution < 1.29 is 0 Å². The van der Waals surface area contributed by atoms with E-state index < -0.39 is 0 Å². The van der Waals surface area contributed by atoms with Crippen LogP contribution in [0.5, 0.6) is 0 Å². The van der Waals surface area contributed by atoms with Crippen LogP contribution in [0.15, 0.2) is 30.3 Å². The number of benzene rings is 1. The molecule has 0 saturated carbocycles. The van der Waals surface area contributed by atoms with Crippen molar-refractivity contribution in [3.05, 3.63) is 51.8 Å². The van der Waals surface area contributed by atoms with E-state index in [1.807, 2.05) is 31.2 Å². The lowest BCUT2D eigenvalue weighted by molar-refractivity contribution is 1.19. The summed E-state index contributed by atoms with van der Waals surface area (Å²) in [4.78, 5) is 4.06. The Bertz CT molecular complexity index is 615. The van der Waals surface area contributed by atoms with Crippen molar-refractivity contribution in [3.8, 4) is 17.2 Å². The number of halogens is 2. The van der Waals surface area contributed by atoms with Gasteiger partial charge < -0.3 is 0 Å². The van der Waals surface area contributed by atoms with Crippen LogP contribution in [0.4, 0.5) is 0 Å². The molecule has 0 amide bonds. The molecule has 2 rings (SSSR count). The molecule has 1 aromatic heterocycles. The summed E-state index contributed by atoms with van der Waals surface area (Å²) in [7, 11) is 0. The number of hydrogen-bond acceptors (Lipinski definition) is 2. The average molecular weight is 263 g/mol. The molecular weight excluding hydrogens is 255 g/mol. The maximum absolute atomic E-state index is 9.12. The summed E-state index contributed by atoms with van der Waals surface area (Å²) < 4.78 is 0. The SMILES string of the molecule is Cc1cc(-c2ccccc2Cl)c(C#N)c(Cl)n1. The monoisotopic (exact) mass is 262 g/mol.